The second kappa shape index (κ2) is 5.35. The van der Waals surface area contributed by atoms with E-state index in [2.05, 4.69) is 4.98 Å². The highest BCUT2D eigenvalue weighted by Gasteiger charge is 2.16. The molecule has 0 aliphatic rings. The van der Waals surface area contributed by atoms with Gasteiger partial charge < -0.3 is 0 Å². The molecule has 0 saturated carbocycles. The first kappa shape index (κ1) is 9.28. The van der Waals surface area contributed by atoms with E-state index >= 15 is 0 Å². The lowest BCUT2D eigenvalue weighted by molar-refractivity contribution is -0.660. The van der Waals surface area contributed by atoms with Gasteiger partial charge >= 0.3 is 0 Å². The van der Waals surface area contributed by atoms with Crippen LogP contribution in [0.2, 0.25) is 0 Å². The van der Waals surface area contributed by atoms with Gasteiger partial charge in [0.05, 0.1) is 5.56 Å². The molecule has 0 unspecified atom stereocenters. The summed E-state index contributed by atoms with van der Waals surface area (Å²) in [7, 11) is 1.80. The Morgan fingerprint density at radius 2 is 2.10 bits per heavy atom. The van der Waals surface area contributed by atoms with Crippen molar-refractivity contribution in [2.75, 3.05) is 0 Å². The largest absolute Gasteiger partial charge is 0.260 e. The second-order valence-corrected chi connectivity index (χ2v) is 6.17. The molecule has 0 saturated heterocycles. The molecule has 2 aromatic rings. The van der Waals surface area contributed by atoms with Gasteiger partial charge in [0.15, 0.2) is 6.20 Å². The first-order valence-electron chi connectivity index (χ1n) is 9.23. The summed E-state index contributed by atoms with van der Waals surface area (Å²) in [6.45, 7) is 5.33. The van der Waals surface area contributed by atoms with Crippen molar-refractivity contribution in [1.29, 1.82) is 0 Å². The third-order valence-electron chi connectivity index (χ3n) is 3.02. The summed E-state index contributed by atoms with van der Waals surface area (Å²) in [6.07, 6.45) is 1.71. The first-order chi connectivity index (χ1) is 11.2. The van der Waals surface area contributed by atoms with E-state index in [4.69, 9.17) is 6.85 Å². The molecular formula is C18H25N2+. The predicted molar refractivity (Wildman–Crippen MR) is 83.5 cm³/mol. The lowest BCUT2D eigenvalue weighted by Gasteiger charge is -2.18. The molecule has 2 rings (SSSR count). The van der Waals surface area contributed by atoms with Crippen LogP contribution in [-0.2, 0) is 13.4 Å². The number of aromatic nitrogens is 2. The summed E-state index contributed by atoms with van der Waals surface area (Å²) in [6, 6.07) is 5.14. The lowest BCUT2D eigenvalue weighted by Crippen LogP contribution is -2.31. The summed E-state index contributed by atoms with van der Waals surface area (Å²) >= 11 is 0. The van der Waals surface area contributed by atoms with Gasteiger partial charge in [-0.15, -0.1) is 0 Å². The summed E-state index contributed by atoms with van der Waals surface area (Å²) < 4.78 is 41.0. The maximum Gasteiger partial charge on any atom is 0.214 e. The van der Waals surface area contributed by atoms with Crippen molar-refractivity contribution in [2.45, 2.75) is 40.9 Å². The van der Waals surface area contributed by atoms with Crippen molar-refractivity contribution in [3.63, 3.8) is 0 Å². The van der Waals surface area contributed by atoms with E-state index < -0.39 is 18.6 Å². The van der Waals surface area contributed by atoms with Crippen LogP contribution in [0.15, 0.2) is 30.6 Å². The SMILES string of the molecule is [2H]C([2H])([2H])c1ccc(-c2cnc(C([2H])([2H])C(C)(C)C)cc2C)[n+](C)c1. The molecule has 20 heavy (non-hydrogen) atoms. The zero-order valence-corrected chi connectivity index (χ0v) is 12.8. The third kappa shape index (κ3) is 3.44. The second-order valence-electron chi connectivity index (χ2n) is 6.17. The molecule has 0 spiro atoms. The molecular weight excluding hydrogens is 244 g/mol. The highest BCUT2D eigenvalue weighted by atomic mass is 14.9. The number of rotatable bonds is 2. The Balaban J connectivity index is 2.50. The van der Waals surface area contributed by atoms with E-state index in [0.29, 0.717) is 5.69 Å². The summed E-state index contributed by atoms with van der Waals surface area (Å²) in [5, 5.41) is 0. The zero-order valence-electron chi connectivity index (χ0n) is 17.8. The average molecular weight is 274 g/mol. The number of hydrogen-bond acceptors (Lipinski definition) is 1. The van der Waals surface area contributed by atoms with E-state index in [9.17, 15) is 0 Å². The quantitative estimate of drug-likeness (QED) is 0.762. The Hall–Kier alpha value is -1.70. The van der Waals surface area contributed by atoms with Crippen LogP contribution in [0.4, 0.5) is 0 Å². The fraction of sp³-hybridized carbons (Fsp3) is 0.444. The Labute approximate surface area is 129 Å². The zero-order chi connectivity index (χ0) is 19.2. The number of pyridine rings is 2. The number of nitrogens with zero attached hydrogens (tertiary/aromatic N) is 2. The van der Waals surface area contributed by atoms with Crippen LogP contribution in [0.1, 0.15) is 44.4 Å². The van der Waals surface area contributed by atoms with Crippen molar-refractivity contribution in [3.8, 4) is 11.3 Å². The molecule has 2 heterocycles. The van der Waals surface area contributed by atoms with Gasteiger partial charge in [0.2, 0.25) is 5.69 Å². The minimum absolute atomic E-state index is 0.282. The van der Waals surface area contributed by atoms with E-state index in [-0.39, 0.29) is 5.56 Å². The molecule has 2 nitrogen and oxygen atoms in total. The van der Waals surface area contributed by atoms with E-state index in [1.54, 1.807) is 42.2 Å². The highest BCUT2D eigenvalue weighted by molar-refractivity contribution is 5.59. The van der Waals surface area contributed by atoms with Crippen molar-refractivity contribution < 1.29 is 11.4 Å². The van der Waals surface area contributed by atoms with Crippen LogP contribution in [0, 0.1) is 19.2 Å². The van der Waals surface area contributed by atoms with Gasteiger partial charge in [0.25, 0.3) is 0 Å². The standard InChI is InChI=1S/C18H25N2/c1-13-7-8-17(20(6)12-13)16-11-19-15(9-14(16)2)10-18(3,4)5/h7-9,11-12H,10H2,1-6H3/q+1/i1D3,10D2. The molecule has 2 heteroatoms. The van der Waals surface area contributed by atoms with Gasteiger partial charge in [0, 0.05) is 30.4 Å². The molecule has 0 amide bonds. The topological polar surface area (TPSA) is 16.8 Å². The van der Waals surface area contributed by atoms with Crippen molar-refractivity contribution in [2.24, 2.45) is 12.5 Å². The average Bonchev–Trinajstić information content (AvgIpc) is 2.45. The molecule has 0 N–H and O–H groups in total. The fourth-order valence-corrected chi connectivity index (χ4v) is 2.16. The van der Waals surface area contributed by atoms with E-state index in [1.807, 2.05) is 27.7 Å². The van der Waals surface area contributed by atoms with Crippen molar-refractivity contribution in [1.82, 2.24) is 4.98 Å². The molecule has 0 aliphatic heterocycles. The third-order valence-corrected chi connectivity index (χ3v) is 3.02. The summed E-state index contributed by atoms with van der Waals surface area (Å²) in [5.74, 6) is 0. The number of aryl methyl sites for hydroxylation is 3. The van der Waals surface area contributed by atoms with Gasteiger partial charge in [-0.2, -0.15) is 0 Å². The molecule has 0 aliphatic carbocycles. The maximum atomic E-state index is 8.37. The highest BCUT2D eigenvalue weighted by Crippen LogP contribution is 2.24. The van der Waals surface area contributed by atoms with E-state index in [1.165, 1.54) is 0 Å². The van der Waals surface area contributed by atoms with Gasteiger partial charge in [0.1, 0.15) is 7.05 Å². The molecule has 2 aromatic heterocycles. The van der Waals surface area contributed by atoms with Gasteiger partial charge in [-0.05, 0) is 43.3 Å². The van der Waals surface area contributed by atoms with Crippen LogP contribution < -0.4 is 4.57 Å². The van der Waals surface area contributed by atoms with Gasteiger partial charge in [-0.25, -0.2) is 4.57 Å². The molecule has 0 aromatic carbocycles. The minimum atomic E-state index is -2.14. The Morgan fingerprint density at radius 3 is 2.65 bits per heavy atom. The van der Waals surface area contributed by atoms with Gasteiger partial charge in [-0.1, -0.05) is 20.8 Å². The monoisotopic (exact) mass is 274 g/mol. The minimum Gasteiger partial charge on any atom is -0.260 e. The molecule has 0 fully saturated rings. The molecule has 0 radical (unpaired) electrons. The molecule has 0 bridgehead atoms. The fourth-order valence-electron chi connectivity index (χ4n) is 2.16. The maximum absolute atomic E-state index is 8.37. The van der Waals surface area contributed by atoms with Crippen LogP contribution in [0.3, 0.4) is 0 Å². The number of hydrogen-bond donors (Lipinski definition) is 0. The normalized spacial score (nSPS) is 16.8. The van der Waals surface area contributed by atoms with Crippen LogP contribution in [0.5, 0.6) is 0 Å². The van der Waals surface area contributed by atoms with Crippen molar-refractivity contribution >= 4 is 0 Å². The smallest absolute Gasteiger partial charge is 0.214 e. The molecule has 0 atom stereocenters. The van der Waals surface area contributed by atoms with Crippen molar-refractivity contribution in [3.05, 3.63) is 47.4 Å². The first-order valence-corrected chi connectivity index (χ1v) is 6.73. The van der Waals surface area contributed by atoms with E-state index in [0.717, 1.165) is 16.8 Å². The Kier molecular flexibility index (Phi) is 2.48. The Morgan fingerprint density at radius 1 is 1.35 bits per heavy atom. The summed E-state index contributed by atoms with van der Waals surface area (Å²) in [5.41, 5.74) is 2.71. The lowest BCUT2D eigenvalue weighted by atomic mass is 9.89. The van der Waals surface area contributed by atoms with Crippen LogP contribution in [0.25, 0.3) is 11.3 Å². The van der Waals surface area contributed by atoms with Crippen LogP contribution in [-0.4, -0.2) is 4.98 Å². The molecule has 106 valence electrons. The van der Waals surface area contributed by atoms with Gasteiger partial charge in [-0.3, -0.25) is 4.98 Å². The summed E-state index contributed by atoms with van der Waals surface area (Å²) in [4.78, 5) is 4.37. The predicted octanol–water partition coefficient (Wildman–Crippen LogP) is 3.78. The van der Waals surface area contributed by atoms with Crippen LogP contribution >= 0.6 is 0 Å². The Bertz CT molecular complexity index is 789.